The highest BCUT2D eigenvalue weighted by Crippen LogP contribution is 2.33. The average Bonchev–Trinajstić information content (AvgIpc) is 2.01. The van der Waals surface area contributed by atoms with Crippen molar-refractivity contribution in [2.24, 2.45) is 0 Å². The minimum absolute atomic E-state index is 0.186. The van der Waals surface area contributed by atoms with Gasteiger partial charge >= 0.3 is 0 Å². The molecule has 80 valence electrons. The maximum Gasteiger partial charge on any atom is 0.0350 e. The lowest BCUT2D eigenvalue weighted by atomic mass is 9.77. The van der Waals surface area contributed by atoms with Gasteiger partial charge in [0.25, 0.3) is 0 Å². The Balaban J connectivity index is 4.95. The molecule has 0 aromatic heterocycles. The van der Waals surface area contributed by atoms with Crippen LogP contribution in [0, 0.1) is 0 Å². The molecule has 1 unspecified atom stereocenters. The third-order valence-corrected chi connectivity index (χ3v) is 4.11. The molecule has 0 aliphatic heterocycles. The van der Waals surface area contributed by atoms with Crippen molar-refractivity contribution in [1.29, 1.82) is 0 Å². The highest BCUT2D eigenvalue weighted by Gasteiger charge is 2.42. The SMILES string of the molecule is CCC(C)(N(C)C)C(C)(C)N(C)C. The first kappa shape index (κ1) is 12.9. The fourth-order valence-corrected chi connectivity index (χ4v) is 1.78. The fourth-order valence-electron chi connectivity index (χ4n) is 1.78. The van der Waals surface area contributed by atoms with Crippen molar-refractivity contribution in [2.75, 3.05) is 28.2 Å². The van der Waals surface area contributed by atoms with Crippen LogP contribution in [0.1, 0.15) is 34.1 Å². The zero-order chi connectivity index (χ0) is 10.9. The molecule has 1 atom stereocenters. The lowest BCUT2D eigenvalue weighted by Gasteiger charge is -2.52. The average molecular weight is 186 g/mol. The van der Waals surface area contributed by atoms with Crippen LogP contribution in [-0.2, 0) is 0 Å². The zero-order valence-corrected chi connectivity index (χ0v) is 10.6. The number of nitrogens with zero attached hydrogens (tertiary/aromatic N) is 2. The van der Waals surface area contributed by atoms with E-state index in [2.05, 4.69) is 65.7 Å². The molecule has 0 bridgehead atoms. The second-order valence-corrected chi connectivity index (χ2v) is 4.98. The Morgan fingerprint density at radius 2 is 1.23 bits per heavy atom. The Kier molecular flexibility index (Phi) is 3.95. The Morgan fingerprint density at radius 3 is 1.31 bits per heavy atom. The maximum absolute atomic E-state index is 2.33. The number of hydrogen-bond donors (Lipinski definition) is 0. The summed E-state index contributed by atoms with van der Waals surface area (Å²) in [4.78, 5) is 4.63. The Hall–Kier alpha value is -0.0800. The molecule has 0 heterocycles. The lowest BCUT2D eigenvalue weighted by molar-refractivity contribution is -0.000925. The van der Waals surface area contributed by atoms with Crippen molar-refractivity contribution in [3.63, 3.8) is 0 Å². The van der Waals surface area contributed by atoms with Crippen molar-refractivity contribution in [3.05, 3.63) is 0 Å². The van der Waals surface area contributed by atoms with Gasteiger partial charge in [-0.1, -0.05) is 6.92 Å². The van der Waals surface area contributed by atoms with Gasteiger partial charge in [0.15, 0.2) is 0 Å². The van der Waals surface area contributed by atoms with E-state index in [1.54, 1.807) is 0 Å². The quantitative estimate of drug-likeness (QED) is 0.663. The van der Waals surface area contributed by atoms with Gasteiger partial charge in [-0.25, -0.2) is 0 Å². The van der Waals surface area contributed by atoms with Crippen molar-refractivity contribution in [3.8, 4) is 0 Å². The van der Waals surface area contributed by atoms with Crippen molar-refractivity contribution in [2.45, 2.75) is 45.2 Å². The summed E-state index contributed by atoms with van der Waals surface area (Å²) in [5.74, 6) is 0. The highest BCUT2D eigenvalue weighted by atomic mass is 15.3. The van der Waals surface area contributed by atoms with Crippen LogP contribution >= 0.6 is 0 Å². The van der Waals surface area contributed by atoms with E-state index in [-0.39, 0.29) is 11.1 Å². The number of likely N-dealkylation sites (N-methyl/N-ethyl adjacent to an activating group) is 2. The van der Waals surface area contributed by atoms with Crippen molar-refractivity contribution < 1.29 is 0 Å². The van der Waals surface area contributed by atoms with E-state index in [0.29, 0.717) is 0 Å². The molecule has 13 heavy (non-hydrogen) atoms. The number of rotatable bonds is 4. The zero-order valence-electron chi connectivity index (χ0n) is 10.6. The lowest BCUT2D eigenvalue weighted by Crippen LogP contribution is -2.63. The fraction of sp³-hybridized carbons (Fsp3) is 1.00. The third-order valence-electron chi connectivity index (χ3n) is 4.11. The minimum Gasteiger partial charge on any atom is -0.302 e. The van der Waals surface area contributed by atoms with E-state index in [4.69, 9.17) is 0 Å². The van der Waals surface area contributed by atoms with Gasteiger partial charge < -0.3 is 9.80 Å². The second-order valence-electron chi connectivity index (χ2n) is 4.98. The van der Waals surface area contributed by atoms with Crippen LogP contribution in [0.15, 0.2) is 0 Å². The molecule has 0 fully saturated rings. The van der Waals surface area contributed by atoms with Crippen LogP contribution in [0.2, 0.25) is 0 Å². The van der Waals surface area contributed by atoms with E-state index in [0.717, 1.165) is 6.42 Å². The minimum atomic E-state index is 0.186. The third kappa shape index (κ3) is 2.05. The van der Waals surface area contributed by atoms with Gasteiger partial charge in [-0.2, -0.15) is 0 Å². The summed E-state index contributed by atoms with van der Waals surface area (Å²) >= 11 is 0. The van der Waals surface area contributed by atoms with Crippen LogP contribution < -0.4 is 0 Å². The van der Waals surface area contributed by atoms with E-state index in [1.165, 1.54) is 0 Å². The van der Waals surface area contributed by atoms with Crippen molar-refractivity contribution in [1.82, 2.24) is 9.80 Å². The van der Waals surface area contributed by atoms with Gasteiger partial charge in [0.05, 0.1) is 0 Å². The first-order chi connectivity index (χ1) is 5.70. The molecule has 0 amide bonds. The summed E-state index contributed by atoms with van der Waals surface area (Å²) in [7, 11) is 8.62. The van der Waals surface area contributed by atoms with Crippen molar-refractivity contribution >= 4 is 0 Å². The Labute approximate surface area is 83.9 Å². The predicted octanol–water partition coefficient (Wildman–Crippen LogP) is 2.06. The molecular weight excluding hydrogens is 160 g/mol. The van der Waals surface area contributed by atoms with Gasteiger partial charge in [-0.15, -0.1) is 0 Å². The van der Waals surface area contributed by atoms with Gasteiger partial charge in [-0.05, 0) is 55.4 Å². The summed E-state index contributed by atoms with van der Waals surface area (Å²) in [5.41, 5.74) is 0.405. The van der Waals surface area contributed by atoms with Gasteiger partial charge in [0, 0.05) is 11.1 Å². The molecule has 0 radical (unpaired) electrons. The molecule has 0 aliphatic rings. The second kappa shape index (κ2) is 3.97. The molecule has 2 heteroatoms. The van der Waals surface area contributed by atoms with Crippen LogP contribution in [0.5, 0.6) is 0 Å². The maximum atomic E-state index is 2.33. The summed E-state index contributed by atoms with van der Waals surface area (Å²) < 4.78 is 0. The normalized spacial score (nSPS) is 18.0. The van der Waals surface area contributed by atoms with Gasteiger partial charge in [-0.3, -0.25) is 0 Å². The molecule has 0 aromatic rings. The first-order valence-electron chi connectivity index (χ1n) is 5.05. The summed E-state index contributed by atoms with van der Waals surface area (Å²) in [6.07, 6.45) is 1.16. The standard InChI is InChI=1S/C11H26N2/c1-9-11(4,13(7)8)10(2,3)12(5)6/h9H2,1-8H3. The molecule has 0 aliphatic carbocycles. The smallest absolute Gasteiger partial charge is 0.0350 e. The highest BCUT2D eigenvalue weighted by molar-refractivity contribution is 5.01. The molecule has 0 rings (SSSR count). The molecule has 2 nitrogen and oxygen atoms in total. The summed E-state index contributed by atoms with van der Waals surface area (Å²) in [5, 5.41) is 0. The van der Waals surface area contributed by atoms with E-state index >= 15 is 0 Å². The van der Waals surface area contributed by atoms with E-state index in [9.17, 15) is 0 Å². The molecular formula is C11H26N2. The Bertz CT molecular complexity index is 161. The summed E-state index contributed by atoms with van der Waals surface area (Å²) in [6.45, 7) is 9.19. The van der Waals surface area contributed by atoms with Crippen LogP contribution in [0.25, 0.3) is 0 Å². The van der Waals surface area contributed by atoms with Crippen LogP contribution in [0.3, 0.4) is 0 Å². The van der Waals surface area contributed by atoms with Gasteiger partial charge in [0.1, 0.15) is 0 Å². The topological polar surface area (TPSA) is 6.48 Å². The Morgan fingerprint density at radius 1 is 0.846 bits per heavy atom. The molecule has 0 saturated carbocycles. The van der Waals surface area contributed by atoms with Gasteiger partial charge in [0.2, 0.25) is 0 Å². The van der Waals surface area contributed by atoms with E-state index in [1.807, 2.05) is 0 Å². The van der Waals surface area contributed by atoms with Crippen LogP contribution in [0.4, 0.5) is 0 Å². The van der Waals surface area contributed by atoms with Crippen LogP contribution in [-0.4, -0.2) is 49.1 Å². The monoisotopic (exact) mass is 186 g/mol. The molecule has 0 N–H and O–H groups in total. The largest absolute Gasteiger partial charge is 0.302 e. The number of hydrogen-bond acceptors (Lipinski definition) is 2. The first-order valence-corrected chi connectivity index (χ1v) is 5.05. The van der Waals surface area contributed by atoms with E-state index < -0.39 is 0 Å². The molecule has 0 saturated heterocycles. The predicted molar refractivity (Wildman–Crippen MR) is 60.1 cm³/mol. The molecule has 0 spiro atoms. The summed E-state index contributed by atoms with van der Waals surface area (Å²) in [6, 6.07) is 0. The molecule has 0 aromatic carbocycles.